The summed E-state index contributed by atoms with van der Waals surface area (Å²) in [6.07, 6.45) is 4.71. The van der Waals surface area contributed by atoms with Crippen molar-refractivity contribution < 1.29 is 0 Å². The van der Waals surface area contributed by atoms with Crippen LogP contribution in [0.4, 0.5) is 0 Å². The maximum absolute atomic E-state index is 4.15. The Morgan fingerprint density at radius 2 is 2.00 bits per heavy atom. The maximum atomic E-state index is 4.15. The number of pyridine rings is 1. The van der Waals surface area contributed by atoms with Crippen LogP contribution in [0.5, 0.6) is 0 Å². The van der Waals surface area contributed by atoms with Gasteiger partial charge in [-0.25, -0.2) is 0 Å². The van der Waals surface area contributed by atoms with Crippen LogP contribution >= 0.6 is 15.9 Å². The van der Waals surface area contributed by atoms with Crippen molar-refractivity contribution in [1.82, 2.24) is 4.98 Å². The van der Waals surface area contributed by atoms with Crippen LogP contribution in [0.3, 0.4) is 0 Å². The van der Waals surface area contributed by atoms with Gasteiger partial charge in [0.2, 0.25) is 0 Å². The monoisotopic (exact) mass is 289 g/mol. The smallest absolute Gasteiger partial charge is 0.0450 e. The number of hydrogen-bond donors (Lipinski definition) is 0. The van der Waals surface area contributed by atoms with E-state index in [2.05, 4.69) is 59.0 Å². The molecule has 0 amide bonds. The Morgan fingerprint density at radius 3 is 2.65 bits per heavy atom. The zero-order chi connectivity index (χ0) is 12.3. The predicted octanol–water partition coefficient (Wildman–Crippen LogP) is 4.38. The summed E-state index contributed by atoms with van der Waals surface area (Å²) < 4.78 is 0. The molecule has 2 heteroatoms. The van der Waals surface area contributed by atoms with E-state index in [0.29, 0.717) is 4.83 Å². The minimum absolute atomic E-state index is 0.332. The van der Waals surface area contributed by atoms with E-state index in [1.807, 2.05) is 12.3 Å². The van der Waals surface area contributed by atoms with Gasteiger partial charge in [0, 0.05) is 17.2 Å². The fourth-order valence-corrected chi connectivity index (χ4v) is 2.46. The second kappa shape index (κ2) is 5.46. The van der Waals surface area contributed by atoms with Crippen molar-refractivity contribution >= 4 is 15.9 Å². The third-order valence-electron chi connectivity index (χ3n) is 3.03. The first-order valence-electron chi connectivity index (χ1n) is 5.77. The molecule has 2 aromatic rings. The topological polar surface area (TPSA) is 12.9 Å². The second-order valence-corrected chi connectivity index (χ2v) is 5.48. The molecular formula is C15H16BrN. The lowest BCUT2D eigenvalue weighted by Crippen LogP contribution is -1.96. The Hall–Kier alpha value is -1.15. The first-order valence-corrected chi connectivity index (χ1v) is 6.68. The molecule has 0 fully saturated rings. The molecule has 0 aliphatic carbocycles. The number of nitrogens with zero attached hydrogens (tertiary/aromatic N) is 1. The molecule has 0 N–H and O–H groups in total. The number of aryl methyl sites for hydroxylation is 2. The number of benzene rings is 1. The van der Waals surface area contributed by atoms with Gasteiger partial charge in [-0.05, 0) is 48.6 Å². The Bertz CT molecular complexity index is 494. The van der Waals surface area contributed by atoms with Gasteiger partial charge in [0.25, 0.3) is 0 Å². The Kier molecular flexibility index (Phi) is 3.95. The van der Waals surface area contributed by atoms with Crippen molar-refractivity contribution in [2.75, 3.05) is 0 Å². The molecular weight excluding hydrogens is 274 g/mol. The number of rotatable bonds is 3. The van der Waals surface area contributed by atoms with Gasteiger partial charge in [-0.3, -0.25) is 4.98 Å². The van der Waals surface area contributed by atoms with E-state index in [1.165, 1.54) is 22.3 Å². The standard InChI is InChI=1S/C15H16BrN/c1-11-5-6-13(8-12(11)2)9-15(16)14-4-3-7-17-10-14/h3-8,10,15H,9H2,1-2H3. The van der Waals surface area contributed by atoms with E-state index in [0.717, 1.165) is 6.42 Å². The van der Waals surface area contributed by atoms with Gasteiger partial charge in [-0.15, -0.1) is 0 Å². The summed E-state index contributed by atoms with van der Waals surface area (Å²) in [5.74, 6) is 0. The van der Waals surface area contributed by atoms with Crippen LogP contribution < -0.4 is 0 Å². The summed E-state index contributed by atoms with van der Waals surface area (Å²) in [4.78, 5) is 4.48. The predicted molar refractivity (Wildman–Crippen MR) is 75.5 cm³/mol. The highest BCUT2D eigenvalue weighted by Gasteiger charge is 2.08. The van der Waals surface area contributed by atoms with E-state index in [4.69, 9.17) is 0 Å². The summed E-state index contributed by atoms with van der Waals surface area (Å²) in [5, 5.41) is 0. The molecule has 0 saturated carbocycles. The normalized spacial score (nSPS) is 12.4. The highest BCUT2D eigenvalue weighted by molar-refractivity contribution is 9.09. The molecule has 0 bridgehead atoms. The summed E-state index contributed by atoms with van der Waals surface area (Å²) in [5.41, 5.74) is 5.29. The maximum Gasteiger partial charge on any atom is 0.0450 e. The van der Waals surface area contributed by atoms with Gasteiger partial charge in [-0.1, -0.05) is 40.2 Å². The van der Waals surface area contributed by atoms with Crippen molar-refractivity contribution in [2.45, 2.75) is 25.1 Å². The van der Waals surface area contributed by atoms with Crippen LogP contribution in [-0.2, 0) is 6.42 Å². The van der Waals surface area contributed by atoms with Gasteiger partial charge in [0.15, 0.2) is 0 Å². The van der Waals surface area contributed by atoms with Crippen LogP contribution in [0.15, 0.2) is 42.7 Å². The third-order valence-corrected chi connectivity index (χ3v) is 3.88. The minimum atomic E-state index is 0.332. The largest absolute Gasteiger partial charge is 0.264 e. The number of alkyl halides is 1. The summed E-state index contributed by atoms with van der Waals surface area (Å²) >= 11 is 3.73. The minimum Gasteiger partial charge on any atom is -0.264 e. The number of aromatic nitrogens is 1. The van der Waals surface area contributed by atoms with Crippen LogP contribution in [0.2, 0.25) is 0 Å². The molecule has 88 valence electrons. The van der Waals surface area contributed by atoms with Gasteiger partial charge < -0.3 is 0 Å². The molecule has 1 heterocycles. The van der Waals surface area contributed by atoms with Gasteiger partial charge >= 0.3 is 0 Å². The zero-order valence-electron chi connectivity index (χ0n) is 10.2. The van der Waals surface area contributed by atoms with E-state index in [-0.39, 0.29) is 0 Å². The highest BCUT2D eigenvalue weighted by atomic mass is 79.9. The lowest BCUT2D eigenvalue weighted by Gasteiger charge is -2.11. The molecule has 1 atom stereocenters. The summed E-state index contributed by atoms with van der Waals surface area (Å²) in [6, 6.07) is 10.7. The molecule has 1 unspecified atom stereocenters. The lowest BCUT2D eigenvalue weighted by molar-refractivity contribution is 0.936. The van der Waals surface area contributed by atoms with Crippen molar-refractivity contribution in [3.63, 3.8) is 0 Å². The average Bonchev–Trinajstić information content (AvgIpc) is 2.35. The van der Waals surface area contributed by atoms with E-state index < -0.39 is 0 Å². The van der Waals surface area contributed by atoms with Crippen molar-refractivity contribution in [3.05, 3.63) is 65.0 Å². The van der Waals surface area contributed by atoms with Crippen molar-refractivity contribution in [2.24, 2.45) is 0 Å². The molecule has 17 heavy (non-hydrogen) atoms. The Morgan fingerprint density at radius 1 is 1.18 bits per heavy atom. The Labute approximate surface area is 111 Å². The molecule has 1 nitrogen and oxygen atoms in total. The first kappa shape index (κ1) is 12.3. The van der Waals surface area contributed by atoms with E-state index in [9.17, 15) is 0 Å². The molecule has 1 aromatic heterocycles. The molecule has 0 saturated heterocycles. The number of halogens is 1. The SMILES string of the molecule is Cc1ccc(CC(Br)c2cccnc2)cc1C. The van der Waals surface area contributed by atoms with Crippen LogP contribution in [0.1, 0.15) is 27.1 Å². The fraction of sp³-hybridized carbons (Fsp3) is 0.267. The quantitative estimate of drug-likeness (QED) is 0.765. The van der Waals surface area contributed by atoms with E-state index >= 15 is 0 Å². The zero-order valence-corrected chi connectivity index (χ0v) is 11.7. The van der Waals surface area contributed by atoms with Crippen molar-refractivity contribution in [3.8, 4) is 0 Å². The van der Waals surface area contributed by atoms with Crippen molar-refractivity contribution in [1.29, 1.82) is 0 Å². The van der Waals surface area contributed by atoms with Gasteiger partial charge in [0.05, 0.1) is 0 Å². The second-order valence-electron chi connectivity index (χ2n) is 4.38. The van der Waals surface area contributed by atoms with Gasteiger partial charge in [0.1, 0.15) is 0 Å². The lowest BCUT2D eigenvalue weighted by atomic mass is 10.0. The Balaban J connectivity index is 2.13. The van der Waals surface area contributed by atoms with Crippen LogP contribution in [0, 0.1) is 13.8 Å². The molecule has 0 spiro atoms. The highest BCUT2D eigenvalue weighted by Crippen LogP contribution is 2.26. The first-order chi connectivity index (χ1) is 8.16. The average molecular weight is 290 g/mol. The molecule has 2 rings (SSSR count). The number of hydrogen-bond acceptors (Lipinski definition) is 1. The van der Waals surface area contributed by atoms with Gasteiger partial charge in [-0.2, -0.15) is 0 Å². The molecule has 0 aliphatic rings. The third kappa shape index (κ3) is 3.16. The van der Waals surface area contributed by atoms with Crippen LogP contribution in [0.25, 0.3) is 0 Å². The fourth-order valence-electron chi connectivity index (χ4n) is 1.82. The van der Waals surface area contributed by atoms with Crippen LogP contribution in [-0.4, -0.2) is 4.98 Å². The summed E-state index contributed by atoms with van der Waals surface area (Å²) in [7, 11) is 0. The molecule has 1 aromatic carbocycles. The molecule has 0 aliphatic heterocycles. The summed E-state index contributed by atoms with van der Waals surface area (Å²) in [6.45, 7) is 4.30. The van der Waals surface area contributed by atoms with E-state index in [1.54, 1.807) is 6.20 Å². The molecule has 0 radical (unpaired) electrons.